The van der Waals surface area contributed by atoms with Crippen LogP contribution in [-0.2, 0) is 20.0 Å². The minimum absolute atomic E-state index is 0.805. The molecule has 0 radical (unpaired) electrons. The van der Waals surface area contributed by atoms with E-state index in [4.69, 9.17) is 0 Å². The van der Waals surface area contributed by atoms with Crippen LogP contribution in [0.2, 0.25) is 0 Å². The number of para-hydroxylation sites is 1. The lowest BCUT2D eigenvalue weighted by Crippen LogP contribution is -2.43. The third kappa shape index (κ3) is 2.97. The van der Waals surface area contributed by atoms with Crippen LogP contribution in [0.1, 0.15) is 0 Å². The van der Waals surface area contributed by atoms with E-state index in [2.05, 4.69) is 0 Å². The minimum atomic E-state index is -5.76. The zero-order valence-corrected chi connectivity index (χ0v) is 10.6. The molecule has 0 saturated carbocycles. The van der Waals surface area contributed by atoms with Crippen molar-refractivity contribution in [2.75, 3.05) is 3.71 Å². The van der Waals surface area contributed by atoms with E-state index < -0.39 is 41.0 Å². The Morgan fingerprint density at radius 3 is 1.47 bits per heavy atom. The van der Waals surface area contributed by atoms with Crippen molar-refractivity contribution in [1.82, 2.24) is 0 Å². The third-order valence-corrected chi connectivity index (χ3v) is 5.37. The molecule has 0 atom stereocenters. The fourth-order valence-corrected chi connectivity index (χ4v) is 3.80. The summed E-state index contributed by atoms with van der Waals surface area (Å²) in [6.45, 7) is 0. The van der Waals surface area contributed by atoms with Gasteiger partial charge in [0.2, 0.25) is 0 Å². The Kier molecular flexibility index (Phi) is 4.40. The molecular weight excluding hydrogens is 314 g/mol. The molecule has 0 N–H and O–H groups in total. The first-order valence-electron chi connectivity index (χ1n) is 4.51. The average Bonchev–Trinajstić information content (AvgIpc) is 2.29. The lowest BCUT2D eigenvalue weighted by Gasteiger charge is -2.22. The molecule has 0 aliphatic rings. The number of hydrogen-bond donors (Lipinski definition) is 0. The normalized spacial score (nSPS) is 12.9. The van der Waals surface area contributed by atoms with Gasteiger partial charge in [-0.1, -0.05) is 18.2 Å². The summed E-state index contributed by atoms with van der Waals surface area (Å²) in [6, 6.07) is 5.17. The maximum atomic E-state index is 12.4. The van der Waals surface area contributed by atoms with Crippen LogP contribution in [0.3, 0.4) is 0 Å². The summed E-state index contributed by atoms with van der Waals surface area (Å²) < 4.78 is 93.6. The average molecular weight is 321 g/mol. The van der Waals surface area contributed by atoms with Crippen LogP contribution in [0.15, 0.2) is 30.3 Å². The lowest BCUT2D eigenvalue weighted by molar-refractivity contribution is 0.230. The molecule has 0 aromatic heterocycles. The first-order valence-corrected chi connectivity index (χ1v) is 7.52. The summed E-state index contributed by atoms with van der Waals surface area (Å²) in [6.07, 6.45) is 0. The molecule has 11 heteroatoms. The van der Waals surface area contributed by atoms with Crippen LogP contribution in [0, 0.1) is 0 Å². The summed E-state index contributed by atoms with van der Waals surface area (Å²) >= 11 is 0. The Morgan fingerprint density at radius 1 is 0.789 bits per heavy atom. The predicted octanol–water partition coefficient (Wildman–Crippen LogP) is 1.60. The third-order valence-electron chi connectivity index (χ3n) is 1.88. The number of anilines is 1. The molecule has 19 heavy (non-hydrogen) atoms. The maximum absolute atomic E-state index is 12.4. The summed E-state index contributed by atoms with van der Waals surface area (Å²) in [4.78, 5) is 0. The van der Waals surface area contributed by atoms with E-state index >= 15 is 0 Å². The zero-order chi connectivity index (χ0) is 14.8. The molecule has 108 valence electrons. The topological polar surface area (TPSA) is 71.5 Å². The SMILES string of the molecule is O=S(=O)(C(F)F)N(c1ccccc1)S(=O)(=O)C(F)F. The van der Waals surface area contributed by atoms with Gasteiger partial charge in [-0.2, -0.15) is 38.1 Å². The Morgan fingerprint density at radius 2 is 1.16 bits per heavy atom. The summed E-state index contributed by atoms with van der Waals surface area (Å²) in [5.41, 5.74) is -0.817. The van der Waals surface area contributed by atoms with Gasteiger partial charge in [-0.05, 0) is 12.1 Å². The highest BCUT2D eigenvalue weighted by Crippen LogP contribution is 2.28. The van der Waals surface area contributed by atoms with Crippen molar-refractivity contribution in [3.63, 3.8) is 0 Å². The van der Waals surface area contributed by atoms with Crippen molar-refractivity contribution in [3.05, 3.63) is 30.3 Å². The standard InChI is InChI=1S/C8H7F4NO4S2/c9-7(10)18(14,15)13(19(16,17)8(11)12)6-4-2-1-3-5-6/h1-5,7-8H. The highest BCUT2D eigenvalue weighted by Gasteiger charge is 2.45. The highest BCUT2D eigenvalue weighted by atomic mass is 32.3. The van der Waals surface area contributed by atoms with Gasteiger partial charge in [0.05, 0.1) is 5.69 Å². The summed E-state index contributed by atoms with van der Waals surface area (Å²) in [5.74, 6) is -8.30. The van der Waals surface area contributed by atoms with Gasteiger partial charge in [-0.15, -0.1) is 0 Å². The van der Waals surface area contributed by atoms with Gasteiger partial charge in [-0.3, -0.25) is 0 Å². The van der Waals surface area contributed by atoms with Crippen molar-refractivity contribution in [1.29, 1.82) is 0 Å². The van der Waals surface area contributed by atoms with Gasteiger partial charge in [0.25, 0.3) is 0 Å². The molecule has 0 aliphatic carbocycles. The molecule has 0 fully saturated rings. The van der Waals surface area contributed by atoms with Crippen LogP contribution in [0.5, 0.6) is 0 Å². The molecule has 0 heterocycles. The molecule has 1 aromatic carbocycles. The second kappa shape index (κ2) is 5.33. The van der Waals surface area contributed by atoms with Gasteiger partial charge in [0.15, 0.2) is 0 Å². The first kappa shape index (κ1) is 15.7. The zero-order valence-electron chi connectivity index (χ0n) is 8.95. The van der Waals surface area contributed by atoms with Gasteiger partial charge in [0, 0.05) is 0 Å². The second-order valence-electron chi connectivity index (χ2n) is 3.14. The fourth-order valence-electron chi connectivity index (χ4n) is 1.13. The Labute approximate surface area is 106 Å². The van der Waals surface area contributed by atoms with Gasteiger partial charge in [-0.25, -0.2) is 0 Å². The van der Waals surface area contributed by atoms with Crippen molar-refractivity contribution in [3.8, 4) is 0 Å². The molecular formula is C8H7F4NO4S2. The molecule has 5 nitrogen and oxygen atoms in total. The summed E-state index contributed by atoms with van der Waals surface area (Å²) in [5, 5.41) is 0. The molecule has 0 bridgehead atoms. The van der Waals surface area contributed by atoms with E-state index in [1.807, 2.05) is 0 Å². The number of halogens is 4. The molecule has 1 aromatic rings. The van der Waals surface area contributed by atoms with E-state index in [0.717, 1.165) is 24.3 Å². The Bertz CT molecular complexity index is 592. The number of nitrogens with zero attached hydrogens (tertiary/aromatic N) is 1. The summed E-state index contributed by atoms with van der Waals surface area (Å²) in [7, 11) is -11.5. The van der Waals surface area contributed by atoms with Crippen LogP contribution >= 0.6 is 0 Å². The van der Waals surface area contributed by atoms with Crippen molar-refractivity contribution >= 4 is 25.7 Å². The van der Waals surface area contributed by atoms with E-state index in [0.29, 0.717) is 0 Å². The lowest BCUT2D eigenvalue weighted by atomic mass is 10.3. The van der Waals surface area contributed by atoms with Gasteiger partial charge >= 0.3 is 31.6 Å². The van der Waals surface area contributed by atoms with Crippen LogP contribution in [0.25, 0.3) is 0 Å². The molecule has 0 aliphatic heterocycles. The number of hydrogen-bond acceptors (Lipinski definition) is 4. The van der Waals surface area contributed by atoms with Crippen molar-refractivity contribution in [2.24, 2.45) is 0 Å². The maximum Gasteiger partial charge on any atom is 0.356 e. The molecule has 1 rings (SSSR count). The van der Waals surface area contributed by atoms with E-state index in [9.17, 15) is 34.4 Å². The Hall–Kier alpha value is -1.36. The van der Waals surface area contributed by atoms with Gasteiger partial charge in [0.1, 0.15) is 0 Å². The monoisotopic (exact) mass is 321 g/mol. The Balaban J connectivity index is 3.55. The van der Waals surface area contributed by atoms with E-state index in [1.165, 1.54) is 6.07 Å². The van der Waals surface area contributed by atoms with Crippen molar-refractivity contribution in [2.45, 2.75) is 11.5 Å². The quantitative estimate of drug-likeness (QED) is 0.772. The van der Waals surface area contributed by atoms with Crippen LogP contribution in [0.4, 0.5) is 23.2 Å². The number of rotatable bonds is 5. The fraction of sp³-hybridized carbons (Fsp3) is 0.250. The second-order valence-corrected chi connectivity index (χ2v) is 6.88. The number of alkyl halides is 4. The molecule has 0 amide bonds. The largest absolute Gasteiger partial charge is 0.356 e. The van der Waals surface area contributed by atoms with E-state index in [-0.39, 0.29) is 0 Å². The minimum Gasteiger partial charge on any atom is -0.199 e. The predicted molar refractivity (Wildman–Crippen MR) is 58.8 cm³/mol. The molecule has 0 unspecified atom stereocenters. The van der Waals surface area contributed by atoms with Gasteiger partial charge < -0.3 is 0 Å². The van der Waals surface area contributed by atoms with Crippen LogP contribution in [-0.4, -0.2) is 28.4 Å². The van der Waals surface area contributed by atoms with E-state index in [1.54, 1.807) is 0 Å². The number of sulfonamides is 2. The first-order chi connectivity index (χ1) is 8.61. The van der Waals surface area contributed by atoms with Crippen molar-refractivity contribution < 1.29 is 34.4 Å². The highest BCUT2D eigenvalue weighted by molar-refractivity contribution is 8.10. The smallest absolute Gasteiger partial charge is 0.199 e. The number of benzene rings is 1. The van der Waals surface area contributed by atoms with Crippen LogP contribution < -0.4 is 3.71 Å². The molecule has 0 saturated heterocycles. The molecule has 0 spiro atoms.